The van der Waals surface area contributed by atoms with Gasteiger partial charge in [-0.25, -0.2) is 13.6 Å². The van der Waals surface area contributed by atoms with E-state index in [4.69, 9.17) is 0 Å². The van der Waals surface area contributed by atoms with Gasteiger partial charge in [0.15, 0.2) is 5.82 Å². The van der Waals surface area contributed by atoms with Crippen molar-refractivity contribution in [1.29, 1.82) is 0 Å². The van der Waals surface area contributed by atoms with Crippen molar-refractivity contribution in [3.05, 3.63) is 39.7 Å². The Bertz CT molecular complexity index is 1010. The number of hydrogen-bond acceptors (Lipinski definition) is 4. The number of nitrogens with zero attached hydrogens (tertiary/aromatic N) is 2. The number of β-amino-alcohol motifs (C(OH)–C–C–N with tert-alkyl or cyclic N) is 1. The summed E-state index contributed by atoms with van der Waals surface area (Å²) in [6.07, 6.45) is 2.61. The lowest BCUT2D eigenvalue weighted by Crippen LogP contribution is -2.67. The van der Waals surface area contributed by atoms with Gasteiger partial charge in [0.05, 0.1) is 22.5 Å². The molecular weight excluding hydrogens is 346 g/mol. The first-order chi connectivity index (χ1) is 12.1. The molecule has 2 aromatic rings. The van der Waals surface area contributed by atoms with Crippen molar-refractivity contribution >= 4 is 22.6 Å². The number of fused-ring (bicyclic) bond motifs is 1. The molecule has 8 heteroatoms. The number of halogens is 2. The molecule has 1 aliphatic heterocycles. The van der Waals surface area contributed by atoms with Gasteiger partial charge in [0, 0.05) is 18.8 Å². The molecule has 26 heavy (non-hydrogen) atoms. The van der Waals surface area contributed by atoms with Crippen LogP contribution in [0.25, 0.3) is 10.9 Å². The minimum absolute atomic E-state index is 0.0639. The Morgan fingerprint density at radius 1 is 1.35 bits per heavy atom. The van der Waals surface area contributed by atoms with Crippen molar-refractivity contribution in [2.45, 2.75) is 44.4 Å². The lowest BCUT2D eigenvalue weighted by atomic mass is 9.85. The maximum absolute atomic E-state index is 15.3. The number of aromatic nitrogens is 1. The normalized spacial score (nSPS) is 25.4. The number of benzene rings is 1. The van der Waals surface area contributed by atoms with Crippen molar-refractivity contribution < 1.29 is 23.8 Å². The van der Waals surface area contributed by atoms with Gasteiger partial charge in [0.2, 0.25) is 5.43 Å². The van der Waals surface area contributed by atoms with Crippen molar-refractivity contribution in [2.75, 3.05) is 11.4 Å². The van der Waals surface area contributed by atoms with Gasteiger partial charge in [0.25, 0.3) is 0 Å². The quantitative estimate of drug-likeness (QED) is 0.873. The maximum Gasteiger partial charge on any atom is 0.341 e. The first-order valence-electron chi connectivity index (χ1n) is 8.42. The molecule has 4 rings (SSSR count). The van der Waals surface area contributed by atoms with Crippen LogP contribution in [-0.4, -0.2) is 38.9 Å². The molecule has 2 fully saturated rings. The molecule has 2 heterocycles. The number of carboxylic acid groups (broad SMARTS) is 1. The SMILES string of the molecule is CC1N(c2c(F)cc3c(=O)c(C(=O)O)cn(C4CC4)c3c2F)C[C@@]1(C)O. The monoisotopic (exact) mass is 364 g/mol. The van der Waals surface area contributed by atoms with E-state index in [9.17, 15) is 24.2 Å². The van der Waals surface area contributed by atoms with Gasteiger partial charge in [-0.05, 0) is 32.8 Å². The lowest BCUT2D eigenvalue weighted by Gasteiger charge is -2.52. The fourth-order valence-corrected chi connectivity index (χ4v) is 3.60. The van der Waals surface area contributed by atoms with Gasteiger partial charge in [-0.3, -0.25) is 4.79 Å². The summed E-state index contributed by atoms with van der Waals surface area (Å²) in [5, 5.41) is 19.0. The summed E-state index contributed by atoms with van der Waals surface area (Å²) in [5.74, 6) is -3.27. The van der Waals surface area contributed by atoms with E-state index < -0.39 is 40.2 Å². The van der Waals surface area contributed by atoms with Crippen molar-refractivity contribution in [2.24, 2.45) is 0 Å². The second kappa shape index (κ2) is 5.26. The molecule has 1 aromatic heterocycles. The molecular formula is C18H18F2N2O4. The number of carboxylic acids is 1. The summed E-state index contributed by atoms with van der Waals surface area (Å²) in [6.45, 7) is 3.31. The third kappa shape index (κ3) is 2.25. The van der Waals surface area contributed by atoms with Crippen molar-refractivity contribution in [3.63, 3.8) is 0 Å². The van der Waals surface area contributed by atoms with Gasteiger partial charge < -0.3 is 19.7 Å². The minimum atomic E-state index is -1.43. The number of carbonyl (C=O) groups is 1. The Labute approximate surface area is 147 Å². The standard InChI is InChI=1S/C18H18F2N2O4/c1-8-18(2,26)7-22(8)15-12(19)5-10-14(13(15)20)21(9-3-4-9)6-11(16(10)23)17(24)25/h5-6,8-9,26H,3-4,7H2,1-2H3,(H,24,25)/t8?,18-/m1/s1. The van der Waals surface area contributed by atoms with Crippen LogP contribution in [0.2, 0.25) is 0 Å². The smallest absolute Gasteiger partial charge is 0.341 e. The van der Waals surface area contributed by atoms with E-state index in [0.29, 0.717) is 0 Å². The molecule has 1 unspecified atom stereocenters. The second-order valence-electron chi connectivity index (χ2n) is 7.39. The first kappa shape index (κ1) is 17.0. The van der Waals surface area contributed by atoms with Gasteiger partial charge >= 0.3 is 5.97 Å². The highest BCUT2D eigenvalue weighted by atomic mass is 19.1. The molecule has 2 atom stereocenters. The van der Waals surface area contributed by atoms with Crippen LogP contribution in [0, 0.1) is 11.6 Å². The van der Waals surface area contributed by atoms with Gasteiger partial charge in [-0.2, -0.15) is 0 Å². The molecule has 1 saturated carbocycles. The zero-order valence-corrected chi connectivity index (χ0v) is 14.3. The van der Waals surface area contributed by atoms with E-state index >= 15 is 4.39 Å². The molecule has 0 amide bonds. The molecule has 1 saturated heterocycles. The number of anilines is 1. The van der Waals surface area contributed by atoms with Gasteiger partial charge in [-0.15, -0.1) is 0 Å². The van der Waals surface area contributed by atoms with Crippen LogP contribution >= 0.6 is 0 Å². The van der Waals surface area contributed by atoms with E-state index in [1.807, 2.05) is 0 Å². The molecule has 0 radical (unpaired) electrons. The number of hydrogen-bond donors (Lipinski definition) is 2. The average Bonchev–Trinajstić information content (AvgIpc) is 3.39. The lowest BCUT2D eigenvalue weighted by molar-refractivity contribution is -0.00869. The molecule has 0 bridgehead atoms. The first-order valence-corrected chi connectivity index (χ1v) is 8.42. The molecule has 2 N–H and O–H groups in total. The number of rotatable bonds is 3. The Kier molecular flexibility index (Phi) is 3.43. The van der Waals surface area contributed by atoms with Crippen LogP contribution in [0.3, 0.4) is 0 Å². The van der Waals surface area contributed by atoms with Crippen LogP contribution in [0.5, 0.6) is 0 Å². The summed E-state index contributed by atoms with van der Waals surface area (Å²) in [5.41, 5.74) is -2.85. The Morgan fingerprint density at radius 3 is 2.50 bits per heavy atom. The third-order valence-corrected chi connectivity index (χ3v) is 5.50. The third-order valence-electron chi connectivity index (χ3n) is 5.50. The van der Waals surface area contributed by atoms with Crippen LogP contribution in [0.1, 0.15) is 43.1 Å². The predicted octanol–water partition coefficient (Wildman–Crippen LogP) is 2.27. The predicted molar refractivity (Wildman–Crippen MR) is 90.8 cm³/mol. The molecule has 0 spiro atoms. The zero-order valence-electron chi connectivity index (χ0n) is 14.3. The molecule has 138 valence electrons. The highest BCUT2D eigenvalue weighted by molar-refractivity contribution is 5.94. The van der Waals surface area contributed by atoms with E-state index in [1.165, 1.54) is 9.47 Å². The highest BCUT2D eigenvalue weighted by Gasteiger charge is 2.47. The molecule has 2 aliphatic rings. The maximum atomic E-state index is 15.3. The van der Waals surface area contributed by atoms with E-state index in [0.717, 1.165) is 25.1 Å². The Hall–Kier alpha value is -2.48. The molecule has 1 aliphatic carbocycles. The van der Waals surface area contributed by atoms with Crippen molar-refractivity contribution in [1.82, 2.24) is 4.57 Å². The van der Waals surface area contributed by atoms with Gasteiger partial charge in [-0.1, -0.05) is 0 Å². The largest absolute Gasteiger partial charge is 0.477 e. The summed E-state index contributed by atoms with van der Waals surface area (Å²) in [6, 6.07) is 0.297. The van der Waals surface area contributed by atoms with Gasteiger partial charge in [0.1, 0.15) is 17.1 Å². The van der Waals surface area contributed by atoms with Crippen LogP contribution in [0.4, 0.5) is 14.5 Å². The van der Waals surface area contributed by atoms with Crippen LogP contribution < -0.4 is 10.3 Å². The second-order valence-corrected chi connectivity index (χ2v) is 7.39. The fourth-order valence-electron chi connectivity index (χ4n) is 3.60. The van der Waals surface area contributed by atoms with Crippen LogP contribution in [0.15, 0.2) is 17.1 Å². The van der Waals surface area contributed by atoms with E-state index in [1.54, 1.807) is 13.8 Å². The highest BCUT2D eigenvalue weighted by Crippen LogP contribution is 2.42. The van der Waals surface area contributed by atoms with Crippen LogP contribution in [-0.2, 0) is 0 Å². The number of pyridine rings is 1. The van der Waals surface area contributed by atoms with Crippen molar-refractivity contribution in [3.8, 4) is 0 Å². The topological polar surface area (TPSA) is 82.8 Å². The number of aliphatic hydroxyl groups is 1. The van der Waals surface area contributed by atoms with E-state index in [2.05, 4.69) is 0 Å². The summed E-state index contributed by atoms with van der Waals surface area (Å²) in [4.78, 5) is 25.2. The average molecular weight is 364 g/mol. The molecule has 1 aromatic carbocycles. The Balaban J connectivity index is 2.01. The zero-order chi connectivity index (χ0) is 19.0. The minimum Gasteiger partial charge on any atom is -0.477 e. The summed E-state index contributed by atoms with van der Waals surface area (Å²) < 4.78 is 31.4. The Morgan fingerprint density at radius 2 is 2.00 bits per heavy atom. The fraction of sp³-hybridized carbons (Fsp3) is 0.444. The summed E-state index contributed by atoms with van der Waals surface area (Å²) in [7, 11) is 0. The molecule has 6 nitrogen and oxygen atoms in total. The number of aromatic carboxylic acids is 1. The summed E-state index contributed by atoms with van der Waals surface area (Å²) >= 11 is 0. The van der Waals surface area contributed by atoms with E-state index in [-0.39, 0.29) is 29.2 Å².